The number of nitrogens with zero attached hydrogens (tertiary/aromatic N) is 2. The number of carbonyl (C=O) groups is 4. The SMILES string of the molecule is CCOC(=O)C1=C(C)NC(C)=C(C(=O)OCC)C1C(=O)OCC(=O)Nc1ncc(S(=O)(=O)c2ccc([N+](=O)[O-])cc2)s1. The lowest BCUT2D eigenvalue weighted by atomic mass is 9.85. The molecule has 1 aliphatic heterocycles. The highest BCUT2D eigenvalue weighted by atomic mass is 32.2. The molecule has 1 aliphatic rings. The molecule has 224 valence electrons. The molecule has 1 aromatic heterocycles. The van der Waals surface area contributed by atoms with Crippen molar-refractivity contribution in [1.82, 2.24) is 10.3 Å². The maximum atomic E-state index is 13.2. The van der Waals surface area contributed by atoms with Gasteiger partial charge in [0.05, 0.1) is 40.4 Å². The molecule has 0 fully saturated rings. The summed E-state index contributed by atoms with van der Waals surface area (Å²) in [7, 11) is -4.09. The number of sulfone groups is 1. The van der Waals surface area contributed by atoms with Gasteiger partial charge in [0.2, 0.25) is 9.84 Å². The Balaban J connectivity index is 1.75. The smallest absolute Gasteiger partial charge is 0.337 e. The van der Waals surface area contributed by atoms with Crippen molar-refractivity contribution in [3.8, 4) is 0 Å². The van der Waals surface area contributed by atoms with E-state index in [1.165, 1.54) is 13.8 Å². The average molecular weight is 623 g/mol. The Morgan fingerprint density at radius 3 is 2.05 bits per heavy atom. The van der Waals surface area contributed by atoms with Crippen molar-refractivity contribution in [3.63, 3.8) is 0 Å². The van der Waals surface area contributed by atoms with Crippen LogP contribution in [0.1, 0.15) is 27.7 Å². The predicted octanol–water partition coefficient (Wildman–Crippen LogP) is 2.26. The Kier molecular flexibility index (Phi) is 10.1. The normalized spacial score (nSPS) is 13.7. The van der Waals surface area contributed by atoms with Crippen LogP contribution in [-0.2, 0) is 43.2 Å². The molecule has 2 aromatic rings. The summed E-state index contributed by atoms with van der Waals surface area (Å²) in [5, 5.41) is 15.9. The number of nitrogens with one attached hydrogen (secondary N) is 2. The summed E-state index contributed by atoms with van der Waals surface area (Å²) in [6.07, 6.45) is 0.996. The number of esters is 3. The Bertz CT molecular complexity index is 1550. The Morgan fingerprint density at radius 2 is 1.55 bits per heavy atom. The summed E-state index contributed by atoms with van der Waals surface area (Å²) in [4.78, 5) is 64.9. The second kappa shape index (κ2) is 13.3. The van der Waals surface area contributed by atoms with Gasteiger partial charge in [0, 0.05) is 23.5 Å². The van der Waals surface area contributed by atoms with Gasteiger partial charge in [0.25, 0.3) is 11.6 Å². The minimum Gasteiger partial charge on any atom is -0.463 e. The van der Waals surface area contributed by atoms with Crippen molar-refractivity contribution >= 4 is 55.8 Å². The summed E-state index contributed by atoms with van der Waals surface area (Å²) < 4.78 is 40.7. The van der Waals surface area contributed by atoms with E-state index in [2.05, 4.69) is 15.6 Å². The van der Waals surface area contributed by atoms with Gasteiger partial charge in [0.1, 0.15) is 10.1 Å². The third-order valence-electron chi connectivity index (χ3n) is 5.69. The fourth-order valence-electron chi connectivity index (χ4n) is 3.87. The topological polar surface area (TPSA) is 210 Å². The lowest BCUT2D eigenvalue weighted by molar-refractivity contribution is -0.384. The molecular weight excluding hydrogens is 596 g/mol. The second-order valence-corrected chi connectivity index (χ2v) is 11.7. The molecule has 1 aromatic carbocycles. The highest BCUT2D eigenvalue weighted by Gasteiger charge is 2.42. The number of allylic oxidation sites excluding steroid dienone is 2. The molecule has 42 heavy (non-hydrogen) atoms. The summed E-state index contributed by atoms with van der Waals surface area (Å²) in [5.41, 5.74) is -0.163. The molecule has 2 heterocycles. The number of non-ortho nitro benzene ring substituents is 1. The van der Waals surface area contributed by atoms with E-state index in [1.54, 1.807) is 13.8 Å². The highest BCUT2D eigenvalue weighted by Crippen LogP contribution is 2.33. The van der Waals surface area contributed by atoms with Crippen LogP contribution in [-0.4, -0.2) is 62.0 Å². The first-order valence-electron chi connectivity index (χ1n) is 12.3. The number of thiazole rings is 1. The van der Waals surface area contributed by atoms with Gasteiger partial charge < -0.3 is 19.5 Å². The van der Waals surface area contributed by atoms with Crippen molar-refractivity contribution in [2.24, 2.45) is 5.92 Å². The molecule has 1 amide bonds. The largest absolute Gasteiger partial charge is 0.463 e. The van der Waals surface area contributed by atoms with E-state index in [9.17, 15) is 37.7 Å². The predicted molar refractivity (Wildman–Crippen MR) is 146 cm³/mol. The molecular formula is C25H26N4O11S2. The first-order chi connectivity index (χ1) is 19.8. The number of nitro benzene ring substituents is 1. The number of aromatic nitrogens is 1. The average Bonchev–Trinajstić information content (AvgIpc) is 3.40. The van der Waals surface area contributed by atoms with Crippen molar-refractivity contribution in [2.75, 3.05) is 25.1 Å². The number of benzene rings is 1. The molecule has 0 atom stereocenters. The summed E-state index contributed by atoms with van der Waals surface area (Å²) in [6, 6.07) is 4.24. The van der Waals surface area contributed by atoms with E-state index in [-0.39, 0.29) is 55.7 Å². The molecule has 0 aliphatic carbocycles. The Hall–Kier alpha value is -4.64. The number of carbonyl (C=O) groups excluding carboxylic acids is 4. The lowest BCUT2D eigenvalue weighted by Gasteiger charge is -2.28. The Labute approximate surface area is 243 Å². The molecule has 0 saturated heterocycles. The number of anilines is 1. The zero-order valence-electron chi connectivity index (χ0n) is 22.8. The lowest BCUT2D eigenvalue weighted by Crippen LogP contribution is -2.39. The molecule has 3 rings (SSSR count). The molecule has 2 N–H and O–H groups in total. The van der Waals surface area contributed by atoms with Crippen molar-refractivity contribution in [3.05, 3.63) is 63.1 Å². The molecule has 0 bridgehead atoms. The zero-order chi connectivity index (χ0) is 31.2. The van der Waals surface area contributed by atoms with Crippen LogP contribution in [0.3, 0.4) is 0 Å². The second-order valence-electron chi connectivity index (χ2n) is 8.47. The number of hydrogen-bond acceptors (Lipinski definition) is 14. The van der Waals surface area contributed by atoms with Crippen LogP contribution in [0.5, 0.6) is 0 Å². The van der Waals surface area contributed by atoms with Crippen molar-refractivity contribution in [1.29, 1.82) is 0 Å². The van der Waals surface area contributed by atoms with Gasteiger partial charge >= 0.3 is 17.9 Å². The number of amides is 1. The molecule has 0 spiro atoms. The maximum Gasteiger partial charge on any atom is 0.337 e. The van der Waals surface area contributed by atoms with E-state index < -0.39 is 51.1 Å². The minimum atomic E-state index is -4.09. The van der Waals surface area contributed by atoms with Gasteiger partial charge in [-0.2, -0.15) is 0 Å². The number of hydrogen-bond donors (Lipinski definition) is 2. The molecule has 0 radical (unpaired) electrons. The van der Waals surface area contributed by atoms with Crippen molar-refractivity contribution in [2.45, 2.75) is 36.8 Å². The molecule has 17 heteroatoms. The molecule has 0 unspecified atom stereocenters. The van der Waals surface area contributed by atoms with Gasteiger partial charge in [-0.15, -0.1) is 0 Å². The number of rotatable bonds is 11. The van der Waals surface area contributed by atoms with Crippen LogP contribution < -0.4 is 10.6 Å². The third-order valence-corrected chi connectivity index (χ3v) is 8.83. The third kappa shape index (κ3) is 6.98. The van der Waals surface area contributed by atoms with Crippen LogP contribution in [0.25, 0.3) is 0 Å². The van der Waals surface area contributed by atoms with Gasteiger partial charge in [-0.05, 0) is 39.8 Å². The van der Waals surface area contributed by atoms with Crippen LogP contribution in [0.4, 0.5) is 10.8 Å². The van der Waals surface area contributed by atoms with E-state index in [0.29, 0.717) is 11.3 Å². The standard InChI is InChI=1S/C25H26N4O11S2/c1-5-38-22(31)19-13(3)27-14(4)20(23(32)39-6-2)21(19)24(33)40-12-17(30)28-25-26-11-18(41-25)42(36,37)16-9-7-15(8-10-16)29(34)35/h7-11,21,27H,5-6,12H2,1-4H3,(H,26,28,30). The zero-order valence-corrected chi connectivity index (χ0v) is 24.4. The van der Waals surface area contributed by atoms with Crippen LogP contribution in [0, 0.1) is 16.0 Å². The van der Waals surface area contributed by atoms with Gasteiger partial charge in [-0.1, -0.05) is 11.3 Å². The van der Waals surface area contributed by atoms with Crippen LogP contribution in [0.15, 0.2) is 62.1 Å². The number of ether oxygens (including phenoxy) is 3. The fourth-order valence-corrected chi connectivity index (χ4v) is 6.32. The number of dihydropyridines is 1. The van der Waals surface area contributed by atoms with E-state index >= 15 is 0 Å². The Morgan fingerprint density at radius 1 is 1.00 bits per heavy atom. The van der Waals surface area contributed by atoms with E-state index in [0.717, 1.165) is 30.5 Å². The van der Waals surface area contributed by atoms with Gasteiger partial charge in [-0.3, -0.25) is 25.0 Å². The van der Waals surface area contributed by atoms with Crippen LogP contribution in [0.2, 0.25) is 0 Å². The quantitative estimate of drug-likeness (QED) is 0.160. The number of nitro groups is 1. The summed E-state index contributed by atoms with van der Waals surface area (Å²) in [6.45, 7) is 5.27. The minimum absolute atomic E-state index is 0.00701. The summed E-state index contributed by atoms with van der Waals surface area (Å²) in [5.74, 6) is -5.27. The van der Waals surface area contributed by atoms with Crippen molar-refractivity contribution < 1.29 is 46.7 Å². The van der Waals surface area contributed by atoms with Gasteiger partial charge in [0.15, 0.2) is 11.7 Å². The first-order valence-corrected chi connectivity index (χ1v) is 14.6. The van der Waals surface area contributed by atoms with E-state index in [4.69, 9.17) is 14.2 Å². The monoisotopic (exact) mass is 622 g/mol. The maximum absolute atomic E-state index is 13.2. The summed E-state index contributed by atoms with van der Waals surface area (Å²) >= 11 is 0.605. The van der Waals surface area contributed by atoms with E-state index in [1.807, 2.05) is 0 Å². The highest BCUT2D eigenvalue weighted by molar-refractivity contribution is 7.93. The van der Waals surface area contributed by atoms with Crippen LogP contribution >= 0.6 is 11.3 Å². The van der Waals surface area contributed by atoms with Gasteiger partial charge in [-0.25, -0.2) is 23.0 Å². The first kappa shape index (κ1) is 31.9. The molecule has 15 nitrogen and oxygen atoms in total. The molecule has 0 saturated carbocycles. The fraction of sp³-hybridized carbons (Fsp3) is 0.320.